The van der Waals surface area contributed by atoms with Crippen molar-refractivity contribution in [2.75, 3.05) is 25.0 Å². The normalized spacial score (nSPS) is 11.8. The van der Waals surface area contributed by atoms with Crippen LogP contribution >= 0.6 is 11.6 Å². The highest BCUT2D eigenvalue weighted by Crippen LogP contribution is 2.36. The van der Waals surface area contributed by atoms with Gasteiger partial charge in [0.15, 0.2) is 0 Å². The van der Waals surface area contributed by atoms with E-state index in [-0.39, 0.29) is 17.3 Å². The van der Waals surface area contributed by atoms with Gasteiger partial charge in [0.2, 0.25) is 5.91 Å². The molecule has 0 aromatic heterocycles. The summed E-state index contributed by atoms with van der Waals surface area (Å²) >= 11 is 5.57. The minimum absolute atomic E-state index is 0.0286. The summed E-state index contributed by atoms with van der Waals surface area (Å²) in [5, 5.41) is 2.26. The molecule has 0 spiro atoms. The molecule has 1 amide bonds. The summed E-state index contributed by atoms with van der Waals surface area (Å²) in [7, 11) is 0. The van der Waals surface area contributed by atoms with E-state index in [1.807, 2.05) is 13.8 Å². The molecule has 0 aliphatic rings. The summed E-state index contributed by atoms with van der Waals surface area (Å²) in [4.78, 5) is 13.6. The smallest absolute Gasteiger partial charge is 0.324 e. The monoisotopic (exact) mass is 308 g/mol. The molecule has 0 aliphatic carbocycles. The van der Waals surface area contributed by atoms with Crippen LogP contribution in [-0.2, 0) is 11.0 Å². The molecule has 0 saturated heterocycles. The van der Waals surface area contributed by atoms with Crippen LogP contribution in [0, 0.1) is 0 Å². The zero-order chi connectivity index (χ0) is 15.3. The first-order chi connectivity index (χ1) is 9.27. The lowest BCUT2D eigenvalue weighted by Gasteiger charge is -2.19. The lowest BCUT2D eigenvalue weighted by atomic mass is 10.1. The van der Waals surface area contributed by atoms with Crippen LogP contribution < -0.4 is 5.32 Å². The topological polar surface area (TPSA) is 32.3 Å². The molecule has 1 rings (SSSR count). The number of alkyl halides is 3. The minimum Gasteiger partial charge on any atom is -0.324 e. The van der Waals surface area contributed by atoms with Gasteiger partial charge < -0.3 is 5.32 Å². The van der Waals surface area contributed by atoms with Crippen molar-refractivity contribution in [1.82, 2.24) is 4.90 Å². The first-order valence-corrected chi connectivity index (χ1v) is 6.54. The summed E-state index contributed by atoms with van der Waals surface area (Å²) in [6, 6.07) is 3.27. The van der Waals surface area contributed by atoms with Crippen molar-refractivity contribution < 1.29 is 18.0 Å². The molecule has 1 N–H and O–H groups in total. The average Bonchev–Trinajstić information content (AvgIpc) is 2.36. The Bertz CT molecular complexity index is 473. The third-order valence-electron chi connectivity index (χ3n) is 2.82. The van der Waals surface area contributed by atoms with Crippen molar-refractivity contribution in [2.24, 2.45) is 0 Å². The Labute approximate surface area is 120 Å². The third-order valence-corrected chi connectivity index (χ3v) is 3.06. The van der Waals surface area contributed by atoms with Gasteiger partial charge in [-0.05, 0) is 31.3 Å². The number of rotatable bonds is 5. The number of hydrogen-bond donors (Lipinski definition) is 1. The first-order valence-electron chi connectivity index (χ1n) is 6.16. The Balaban J connectivity index is 2.90. The Morgan fingerprint density at radius 2 is 1.90 bits per heavy atom. The number of halogens is 4. The van der Waals surface area contributed by atoms with Crippen molar-refractivity contribution in [3.8, 4) is 0 Å². The van der Waals surface area contributed by atoms with Crippen LogP contribution in [0.3, 0.4) is 0 Å². The molecular formula is C13H16ClF3N2O. The maximum Gasteiger partial charge on any atom is 0.418 e. The summed E-state index contributed by atoms with van der Waals surface area (Å²) in [6.45, 7) is 5.10. The largest absolute Gasteiger partial charge is 0.418 e. The second kappa shape index (κ2) is 6.95. The van der Waals surface area contributed by atoms with Crippen molar-refractivity contribution in [3.63, 3.8) is 0 Å². The highest BCUT2D eigenvalue weighted by Gasteiger charge is 2.34. The number of anilines is 1. The Morgan fingerprint density at radius 1 is 1.30 bits per heavy atom. The molecule has 0 saturated carbocycles. The molecule has 0 radical (unpaired) electrons. The van der Waals surface area contributed by atoms with Gasteiger partial charge in [-0.1, -0.05) is 25.4 Å². The van der Waals surface area contributed by atoms with Crippen LogP contribution in [0.2, 0.25) is 5.02 Å². The van der Waals surface area contributed by atoms with E-state index in [1.54, 1.807) is 4.90 Å². The van der Waals surface area contributed by atoms with E-state index in [9.17, 15) is 18.0 Å². The van der Waals surface area contributed by atoms with Crippen LogP contribution in [-0.4, -0.2) is 30.4 Å². The Hall–Kier alpha value is -1.27. The lowest BCUT2D eigenvalue weighted by Crippen LogP contribution is -2.33. The van der Waals surface area contributed by atoms with E-state index in [4.69, 9.17) is 11.6 Å². The predicted molar refractivity (Wildman–Crippen MR) is 72.9 cm³/mol. The van der Waals surface area contributed by atoms with Crippen LogP contribution in [0.4, 0.5) is 18.9 Å². The molecule has 0 aliphatic heterocycles. The summed E-state index contributed by atoms with van der Waals surface area (Å²) in [5.74, 6) is -0.485. The van der Waals surface area contributed by atoms with Gasteiger partial charge in [0.1, 0.15) is 0 Å². The van der Waals surface area contributed by atoms with E-state index in [0.717, 1.165) is 12.1 Å². The van der Waals surface area contributed by atoms with Gasteiger partial charge in [-0.3, -0.25) is 9.69 Å². The molecule has 0 bridgehead atoms. The maximum atomic E-state index is 12.9. The van der Waals surface area contributed by atoms with Gasteiger partial charge in [-0.15, -0.1) is 0 Å². The summed E-state index contributed by atoms with van der Waals surface area (Å²) < 4.78 is 38.6. The molecule has 0 atom stereocenters. The predicted octanol–water partition coefficient (Wildman–Crippen LogP) is 3.64. The summed E-state index contributed by atoms with van der Waals surface area (Å²) in [5.41, 5.74) is -1.23. The zero-order valence-electron chi connectivity index (χ0n) is 11.2. The van der Waals surface area contributed by atoms with E-state index in [1.165, 1.54) is 6.07 Å². The number of amides is 1. The molecular weight excluding hydrogens is 293 g/mol. The van der Waals surface area contributed by atoms with Gasteiger partial charge in [-0.25, -0.2) is 0 Å². The van der Waals surface area contributed by atoms with Crippen LogP contribution in [0.15, 0.2) is 18.2 Å². The Morgan fingerprint density at radius 3 is 2.40 bits per heavy atom. The highest BCUT2D eigenvalue weighted by atomic mass is 35.5. The van der Waals surface area contributed by atoms with E-state index >= 15 is 0 Å². The number of nitrogens with zero attached hydrogens (tertiary/aromatic N) is 1. The number of benzene rings is 1. The first kappa shape index (κ1) is 16.8. The molecule has 0 unspecified atom stereocenters. The lowest BCUT2D eigenvalue weighted by molar-refractivity contribution is -0.137. The third kappa shape index (κ3) is 4.68. The molecule has 20 heavy (non-hydrogen) atoms. The average molecular weight is 309 g/mol. The minimum atomic E-state index is -4.57. The van der Waals surface area contributed by atoms with E-state index in [0.29, 0.717) is 13.1 Å². The van der Waals surface area contributed by atoms with Crippen LogP contribution in [0.5, 0.6) is 0 Å². The van der Waals surface area contributed by atoms with Crippen molar-refractivity contribution in [1.29, 1.82) is 0 Å². The van der Waals surface area contributed by atoms with Gasteiger partial charge in [-0.2, -0.15) is 13.2 Å². The van der Waals surface area contributed by atoms with E-state index in [2.05, 4.69) is 5.32 Å². The zero-order valence-corrected chi connectivity index (χ0v) is 12.0. The van der Waals surface area contributed by atoms with Gasteiger partial charge >= 0.3 is 6.18 Å². The summed E-state index contributed by atoms with van der Waals surface area (Å²) in [6.07, 6.45) is -4.57. The molecule has 0 heterocycles. The second-order valence-corrected chi connectivity index (χ2v) is 4.63. The molecule has 7 heteroatoms. The van der Waals surface area contributed by atoms with E-state index < -0.39 is 17.6 Å². The number of likely N-dealkylation sites (N-methyl/N-ethyl adjacent to an activating group) is 1. The molecule has 1 aromatic carbocycles. The molecule has 112 valence electrons. The van der Waals surface area contributed by atoms with Crippen LogP contribution in [0.1, 0.15) is 19.4 Å². The highest BCUT2D eigenvalue weighted by molar-refractivity contribution is 6.30. The van der Waals surface area contributed by atoms with Gasteiger partial charge in [0.05, 0.1) is 17.8 Å². The second-order valence-electron chi connectivity index (χ2n) is 4.20. The fourth-order valence-electron chi connectivity index (χ4n) is 1.70. The van der Waals surface area contributed by atoms with Gasteiger partial charge in [0.25, 0.3) is 0 Å². The number of hydrogen-bond acceptors (Lipinski definition) is 2. The van der Waals surface area contributed by atoms with Crippen molar-refractivity contribution in [2.45, 2.75) is 20.0 Å². The number of nitrogens with one attached hydrogen (secondary N) is 1. The fourth-order valence-corrected chi connectivity index (χ4v) is 1.87. The van der Waals surface area contributed by atoms with Crippen molar-refractivity contribution >= 4 is 23.2 Å². The Kier molecular flexibility index (Phi) is 5.83. The number of carbonyl (C=O) groups excluding carboxylic acids is 1. The quantitative estimate of drug-likeness (QED) is 0.900. The van der Waals surface area contributed by atoms with Gasteiger partial charge in [0, 0.05) is 5.02 Å². The van der Waals surface area contributed by atoms with Crippen molar-refractivity contribution in [3.05, 3.63) is 28.8 Å². The SMILES string of the molecule is CCN(CC)CC(=O)Nc1ccc(Cl)cc1C(F)(F)F. The fraction of sp³-hybridized carbons (Fsp3) is 0.462. The molecule has 0 fully saturated rings. The molecule has 3 nitrogen and oxygen atoms in total. The molecule has 1 aromatic rings. The number of carbonyl (C=O) groups is 1. The maximum absolute atomic E-state index is 12.9. The standard InChI is InChI=1S/C13H16ClF3N2O/c1-3-19(4-2)8-12(20)18-11-6-5-9(14)7-10(11)13(15,16)17/h5-7H,3-4,8H2,1-2H3,(H,18,20). The van der Waals surface area contributed by atoms with Crippen LogP contribution in [0.25, 0.3) is 0 Å².